The van der Waals surface area contributed by atoms with Crippen LogP contribution in [0.3, 0.4) is 0 Å². The Balaban J connectivity index is 0.00000195. The fourth-order valence-electron chi connectivity index (χ4n) is 4.48. The van der Waals surface area contributed by atoms with Crippen LogP contribution in [0, 0.1) is 0 Å². The highest BCUT2D eigenvalue weighted by molar-refractivity contribution is 7.86. The number of nitrogens with zero attached hydrogens (tertiary/aromatic N) is 2. The zero-order chi connectivity index (χ0) is 35.7. The first-order chi connectivity index (χ1) is 20.8. The van der Waals surface area contributed by atoms with Gasteiger partial charge in [0.15, 0.2) is 0 Å². The highest BCUT2D eigenvalue weighted by Gasteiger charge is 2.56. The Bertz CT molecular complexity index is 1320. The van der Waals surface area contributed by atoms with E-state index in [0.717, 1.165) is 30.2 Å². The predicted molar refractivity (Wildman–Crippen MR) is 157 cm³/mol. The van der Waals surface area contributed by atoms with E-state index in [1.165, 1.54) is 24.8 Å². The van der Waals surface area contributed by atoms with Gasteiger partial charge in [0, 0.05) is 41.0 Å². The summed E-state index contributed by atoms with van der Waals surface area (Å²) in [6, 6.07) is 2.17. The summed E-state index contributed by atoms with van der Waals surface area (Å²) in [4.78, 5) is 28.1. The molecule has 0 saturated carbocycles. The molecule has 0 aromatic heterocycles. The van der Waals surface area contributed by atoms with Gasteiger partial charge in [0.1, 0.15) is 5.54 Å². The van der Waals surface area contributed by atoms with Gasteiger partial charge in [-0.2, -0.15) is 43.5 Å². The molecule has 3 amide bonds. The number of urea groups is 1. The molecule has 266 valence electrons. The van der Waals surface area contributed by atoms with Gasteiger partial charge < -0.3 is 10.6 Å². The van der Waals surface area contributed by atoms with Crippen LogP contribution in [0.15, 0.2) is 18.2 Å². The molecule has 10 nitrogen and oxygen atoms in total. The van der Waals surface area contributed by atoms with E-state index in [9.17, 15) is 57.3 Å². The summed E-state index contributed by atoms with van der Waals surface area (Å²) in [5, 5.41) is 8.21. The molecule has 1 saturated heterocycles. The van der Waals surface area contributed by atoms with Gasteiger partial charge in [0.25, 0.3) is 16.1 Å². The van der Waals surface area contributed by atoms with Crippen molar-refractivity contribution in [1.29, 1.82) is 0 Å². The number of alkyl halides is 8. The molecule has 1 aromatic carbocycles. The number of imide groups is 1. The zero-order valence-corrected chi connectivity index (χ0v) is 26.9. The Hall–Kier alpha value is -2.58. The number of carbonyl (C=O) groups is 2. The number of hydrogen-bond donors (Lipinski definition) is 3. The number of benzene rings is 1. The number of rotatable bonds is 15. The van der Waals surface area contributed by atoms with Crippen molar-refractivity contribution >= 4 is 44.3 Å². The van der Waals surface area contributed by atoms with Gasteiger partial charge in [-0.1, -0.05) is 32.1 Å². The van der Waals surface area contributed by atoms with Crippen LogP contribution in [-0.4, -0.2) is 65.2 Å². The summed E-state index contributed by atoms with van der Waals surface area (Å²) in [6.45, 7) is 3.28. The molecule has 46 heavy (non-hydrogen) atoms. The van der Waals surface area contributed by atoms with Gasteiger partial charge >= 0.3 is 24.3 Å². The van der Waals surface area contributed by atoms with Gasteiger partial charge in [-0.25, -0.2) is 20.0 Å². The second-order valence-corrected chi connectivity index (χ2v) is 14.0. The number of nitrogen functional groups attached to an aromatic ring is 1. The van der Waals surface area contributed by atoms with E-state index in [0.29, 0.717) is 31.7 Å². The quantitative estimate of drug-likeness (QED) is 0.0945. The molecule has 6 N–H and O–H groups in total. The summed E-state index contributed by atoms with van der Waals surface area (Å²) in [5.74, 6) is -5.40. The van der Waals surface area contributed by atoms with Crippen LogP contribution >= 0.6 is 0 Å². The van der Waals surface area contributed by atoms with Gasteiger partial charge in [0.2, 0.25) is 0 Å². The highest BCUT2D eigenvalue weighted by atomic mass is 32.2. The van der Waals surface area contributed by atoms with E-state index >= 15 is 0 Å². The Morgan fingerprint density at radius 3 is 1.80 bits per heavy atom. The van der Waals surface area contributed by atoms with Crippen LogP contribution in [0.25, 0.3) is 0 Å². The average Bonchev–Trinajstić information content (AvgIpc) is 3.04. The summed E-state index contributed by atoms with van der Waals surface area (Å²) < 4.78 is 132. The minimum Gasteiger partial charge on any atom is -0.398 e. The third kappa shape index (κ3) is 12.9. The fourth-order valence-corrected chi connectivity index (χ4v) is 5.68. The molecule has 1 heterocycles. The topological polar surface area (TPSA) is 170 Å². The first-order valence-electron chi connectivity index (χ1n) is 14.0. The Morgan fingerprint density at radius 1 is 0.826 bits per heavy atom. The molecule has 0 bridgehead atoms. The van der Waals surface area contributed by atoms with Gasteiger partial charge in [-0.15, -0.1) is 0 Å². The maximum absolute atomic E-state index is 13.3. The lowest BCUT2D eigenvalue weighted by Gasteiger charge is -2.27. The van der Waals surface area contributed by atoms with Crippen LogP contribution in [0.5, 0.6) is 0 Å². The zero-order valence-electron chi connectivity index (χ0n) is 25.2. The predicted octanol–water partition coefficient (Wildman–Crippen LogP) is 5.44. The number of amides is 3. The molecule has 1 aromatic rings. The smallest absolute Gasteiger partial charge is 0.398 e. The number of anilines is 2. The van der Waals surface area contributed by atoms with E-state index in [1.807, 2.05) is 0 Å². The second-order valence-electron chi connectivity index (χ2n) is 11.1. The van der Waals surface area contributed by atoms with Gasteiger partial charge in [-0.3, -0.25) is 9.00 Å². The van der Waals surface area contributed by atoms with Crippen molar-refractivity contribution in [3.05, 3.63) is 23.8 Å². The second kappa shape index (κ2) is 16.5. The molecule has 1 fully saturated rings. The maximum atomic E-state index is 13.3. The van der Waals surface area contributed by atoms with Crippen molar-refractivity contribution in [2.75, 3.05) is 28.7 Å². The van der Waals surface area contributed by atoms with E-state index in [1.54, 1.807) is 0 Å². The molecular weight excluding hydrogens is 678 g/mol. The molecule has 1 aliphatic heterocycles. The highest BCUT2D eigenvalue weighted by Crippen LogP contribution is 2.40. The third-order valence-electron chi connectivity index (χ3n) is 6.96. The molecule has 2 rings (SSSR count). The summed E-state index contributed by atoms with van der Waals surface area (Å²) in [6.07, 6.45) is -7.27. The van der Waals surface area contributed by atoms with Crippen molar-refractivity contribution in [2.45, 2.75) is 95.4 Å². The molecule has 1 atom stereocenters. The number of nitrogens with two attached hydrogens (primary N) is 3. The standard InChI is InChI=1S/C26H35F8N3O3S.H4N2O2S/c1-23(2)21(38)37(18-11-12-20(35)19(17-18)25(29,30)31)22(39)36(23)14-8-6-4-3-5-7-9-15-41(40)16-10-13-24(27,28)26(32,33)34;1-5(2,3)4/h11-12,17H,3-10,13-16,35H2,1-2H3;(H4,1,2,3,4). The van der Waals surface area contributed by atoms with Gasteiger partial charge in [-0.05, 0) is 51.3 Å². The average molecular weight is 718 g/mol. The first-order valence-corrected chi connectivity index (χ1v) is 17.1. The molecule has 0 aliphatic carbocycles. The van der Waals surface area contributed by atoms with Crippen LogP contribution < -0.4 is 20.9 Å². The summed E-state index contributed by atoms with van der Waals surface area (Å²) in [7, 11) is -5.13. The first kappa shape index (κ1) is 41.4. The van der Waals surface area contributed by atoms with Crippen molar-refractivity contribution in [1.82, 2.24) is 4.90 Å². The molecule has 1 aliphatic rings. The molecular formula is C26H39F8N5O5S2. The monoisotopic (exact) mass is 717 g/mol. The maximum Gasteiger partial charge on any atom is 0.453 e. The van der Waals surface area contributed by atoms with Crippen LogP contribution in [-0.2, 0) is 32.0 Å². The molecule has 0 spiro atoms. The Kier molecular flexibility index (Phi) is 14.9. The lowest BCUT2D eigenvalue weighted by Crippen LogP contribution is -2.44. The summed E-state index contributed by atoms with van der Waals surface area (Å²) in [5.41, 5.74) is 2.31. The van der Waals surface area contributed by atoms with Crippen molar-refractivity contribution in [3.8, 4) is 0 Å². The molecule has 0 radical (unpaired) electrons. The molecule has 20 heteroatoms. The van der Waals surface area contributed by atoms with Crippen molar-refractivity contribution in [3.63, 3.8) is 0 Å². The summed E-state index contributed by atoms with van der Waals surface area (Å²) >= 11 is 0. The minimum atomic E-state index is -5.60. The number of halogens is 8. The van der Waals surface area contributed by atoms with E-state index in [-0.39, 0.29) is 23.7 Å². The fraction of sp³-hybridized carbons (Fsp3) is 0.692. The Labute approximate surface area is 264 Å². The van der Waals surface area contributed by atoms with E-state index < -0.39 is 80.9 Å². The number of hydrogen-bond acceptors (Lipinski definition) is 6. The normalized spacial score (nSPS) is 16.4. The lowest BCUT2D eigenvalue weighted by atomic mass is 10.0. The van der Waals surface area contributed by atoms with Crippen LogP contribution in [0.2, 0.25) is 0 Å². The van der Waals surface area contributed by atoms with Crippen molar-refractivity contribution in [2.24, 2.45) is 10.3 Å². The van der Waals surface area contributed by atoms with Crippen molar-refractivity contribution < 1.29 is 57.3 Å². The molecule has 1 unspecified atom stereocenters. The largest absolute Gasteiger partial charge is 0.453 e. The lowest BCUT2D eigenvalue weighted by molar-refractivity contribution is -0.284. The van der Waals surface area contributed by atoms with Crippen LogP contribution in [0.4, 0.5) is 51.3 Å². The SMILES string of the molecule is CC1(C)C(=O)N(c2ccc(N)c(C(F)(F)F)c2)C(=O)N1CCCCCCCCCS(=O)CCCC(F)(F)C(F)(F)F.NS(N)(=O)=O. The van der Waals surface area contributed by atoms with Gasteiger partial charge in [0.05, 0.1) is 11.3 Å². The van der Waals surface area contributed by atoms with Crippen LogP contribution in [0.1, 0.15) is 77.2 Å². The third-order valence-corrected chi connectivity index (χ3v) is 8.44. The Morgan fingerprint density at radius 2 is 1.30 bits per heavy atom. The minimum absolute atomic E-state index is 0.209. The number of carbonyl (C=O) groups excluding carboxylic acids is 2. The van der Waals surface area contributed by atoms with E-state index in [2.05, 4.69) is 10.3 Å². The number of unbranched alkanes of at least 4 members (excludes halogenated alkanes) is 6. The van der Waals surface area contributed by atoms with E-state index in [4.69, 9.17) is 5.73 Å².